The van der Waals surface area contributed by atoms with Crippen molar-refractivity contribution in [2.24, 2.45) is 0 Å². The standard InChI is InChI=1S/C25H32N6O2S/c1-5-7-23(24-27-28-29-31(24)9-10-33-4)30(16-21-8-6-11-34-21)15-20-14-19-12-17(2)18(3)13-22(19)26-25(20)32/h6,8,11-14,23H,5,7,9-10,15-16H2,1-4H3,(H,26,32)/t23-/m0/s1. The number of tetrazole rings is 1. The Morgan fingerprint density at radius 3 is 2.76 bits per heavy atom. The lowest BCUT2D eigenvalue weighted by Crippen LogP contribution is -2.32. The van der Waals surface area contributed by atoms with Crippen LogP contribution in [0.2, 0.25) is 0 Å². The summed E-state index contributed by atoms with van der Waals surface area (Å²) in [5.74, 6) is 0.805. The normalized spacial score (nSPS) is 12.6. The number of aromatic nitrogens is 5. The molecule has 0 saturated heterocycles. The molecule has 1 aromatic carbocycles. The van der Waals surface area contributed by atoms with E-state index in [2.05, 4.69) is 69.8 Å². The molecule has 0 unspecified atom stereocenters. The second kappa shape index (κ2) is 11.0. The summed E-state index contributed by atoms with van der Waals surface area (Å²) in [5, 5.41) is 15.7. The van der Waals surface area contributed by atoms with Crippen LogP contribution in [-0.2, 0) is 24.4 Å². The number of benzene rings is 1. The number of nitrogens with one attached hydrogen (secondary N) is 1. The van der Waals surface area contributed by atoms with Gasteiger partial charge in [0.15, 0.2) is 5.82 Å². The smallest absolute Gasteiger partial charge is 0.252 e. The number of thiophene rings is 1. The van der Waals surface area contributed by atoms with Gasteiger partial charge in [-0.2, -0.15) is 0 Å². The van der Waals surface area contributed by atoms with Crippen molar-refractivity contribution in [1.29, 1.82) is 0 Å². The maximum atomic E-state index is 13.1. The second-order valence-corrected chi connectivity index (χ2v) is 9.72. The lowest BCUT2D eigenvalue weighted by Gasteiger charge is -2.30. The topological polar surface area (TPSA) is 88.9 Å². The van der Waals surface area contributed by atoms with Gasteiger partial charge in [0, 0.05) is 36.2 Å². The summed E-state index contributed by atoms with van der Waals surface area (Å²) >= 11 is 1.72. The number of pyridine rings is 1. The molecule has 0 radical (unpaired) electrons. The third-order valence-corrected chi connectivity index (χ3v) is 7.08. The third kappa shape index (κ3) is 5.43. The van der Waals surface area contributed by atoms with E-state index in [1.165, 1.54) is 16.0 Å². The van der Waals surface area contributed by atoms with E-state index in [0.29, 0.717) is 26.2 Å². The molecule has 1 atom stereocenters. The van der Waals surface area contributed by atoms with Gasteiger partial charge in [-0.3, -0.25) is 9.69 Å². The van der Waals surface area contributed by atoms with Gasteiger partial charge < -0.3 is 9.72 Å². The first kappa shape index (κ1) is 24.3. The quantitative estimate of drug-likeness (QED) is 0.343. The Labute approximate surface area is 203 Å². The molecule has 0 fully saturated rings. The van der Waals surface area contributed by atoms with Crippen LogP contribution in [0, 0.1) is 13.8 Å². The van der Waals surface area contributed by atoms with Crippen LogP contribution in [0.5, 0.6) is 0 Å². The van der Waals surface area contributed by atoms with Gasteiger partial charge in [0.25, 0.3) is 5.56 Å². The molecule has 0 bridgehead atoms. The number of hydrogen-bond donors (Lipinski definition) is 1. The van der Waals surface area contributed by atoms with E-state index in [0.717, 1.165) is 35.1 Å². The van der Waals surface area contributed by atoms with Gasteiger partial charge in [-0.25, -0.2) is 4.68 Å². The molecule has 3 heterocycles. The Hall–Kier alpha value is -2.88. The van der Waals surface area contributed by atoms with Crippen LogP contribution in [0.1, 0.15) is 53.2 Å². The van der Waals surface area contributed by atoms with Gasteiger partial charge >= 0.3 is 0 Å². The minimum absolute atomic E-state index is 0.0335. The van der Waals surface area contributed by atoms with E-state index >= 15 is 0 Å². The molecule has 0 saturated carbocycles. The van der Waals surface area contributed by atoms with Crippen molar-refractivity contribution >= 4 is 22.2 Å². The van der Waals surface area contributed by atoms with E-state index < -0.39 is 0 Å². The van der Waals surface area contributed by atoms with Crippen molar-refractivity contribution in [2.75, 3.05) is 13.7 Å². The number of aryl methyl sites for hydroxylation is 2. The van der Waals surface area contributed by atoms with Gasteiger partial charge in [0.05, 0.1) is 19.2 Å². The monoisotopic (exact) mass is 480 g/mol. The Morgan fingerprint density at radius 2 is 2.03 bits per heavy atom. The maximum Gasteiger partial charge on any atom is 0.252 e. The molecule has 0 aliphatic carbocycles. The van der Waals surface area contributed by atoms with E-state index in [1.807, 2.05) is 16.8 Å². The fourth-order valence-corrected chi connectivity index (χ4v) is 5.00. The minimum Gasteiger partial charge on any atom is -0.383 e. The van der Waals surface area contributed by atoms with Crippen molar-refractivity contribution in [3.63, 3.8) is 0 Å². The van der Waals surface area contributed by atoms with Crippen LogP contribution >= 0.6 is 11.3 Å². The van der Waals surface area contributed by atoms with E-state index in [1.54, 1.807) is 18.4 Å². The second-order valence-electron chi connectivity index (χ2n) is 8.69. The fraction of sp³-hybridized carbons (Fsp3) is 0.440. The van der Waals surface area contributed by atoms with E-state index in [9.17, 15) is 4.79 Å². The molecule has 0 aliphatic heterocycles. The SMILES string of the molecule is CCC[C@@H](c1nnnn1CCOC)N(Cc1cccs1)Cc1cc2cc(C)c(C)cc2[nH]c1=O. The van der Waals surface area contributed by atoms with Crippen LogP contribution in [0.4, 0.5) is 0 Å². The van der Waals surface area contributed by atoms with Crippen LogP contribution in [0.3, 0.4) is 0 Å². The first-order valence-electron chi connectivity index (χ1n) is 11.6. The fourth-order valence-electron chi connectivity index (χ4n) is 4.27. The van der Waals surface area contributed by atoms with E-state index in [4.69, 9.17) is 4.74 Å². The van der Waals surface area contributed by atoms with Crippen molar-refractivity contribution in [3.8, 4) is 0 Å². The number of fused-ring (bicyclic) bond motifs is 1. The first-order chi connectivity index (χ1) is 16.5. The zero-order chi connectivity index (χ0) is 24.1. The number of H-pyrrole nitrogens is 1. The molecule has 0 spiro atoms. The first-order valence-corrected chi connectivity index (χ1v) is 12.5. The highest BCUT2D eigenvalue weighted by molar-refractivity contribution is 7.09. The number of rotatable bonds is 11. The van der Waals surface area contributed by atoms with Crippen molar-refractivity contribution in [3.05, 3.63) is 73.5 Å². The Bertz CT molecular complexity index is 1280. The largest absolute Gasteiger partial charge is 0.383 e. The lowest BCUT2D eigenvalue weighted by atomic mass is 10.0. The van der Waals surface area contributed by atoms with Gasteiger partial charge in [-0.15, -0.1) is 16.4 Å². The summed E-state index contributed by atoms with van der Waals surface area (Å²) in [4.78, 5) is 19.8. The van der Waals surface area contributed by atoms with Gasteiger partial charge in [-0.1, -0.05) is 19.4 Å². The number of methoxy groups -OCH3 is 1. The summed E-state index contributed by atoms with van der Waals surface area (Å²) in [6.07, 6.45) is 1.85. The predicted octanol–water partition coefficient (Wildman–Crippen LogP) is 4.38. The van der Waals surface area contributed by atoms with Crippen LogP contribution in [0.25, 0.3) is 10.9 Å². The lowest BCUT2D eigenvalue weighted by molar-refractivity contribution is 0.148. The molecule has 0 aliphatic rings. The number of ether oxygens (including phenoxy) is 1. The van der Waals surface area contributed by atoms with Crippen LogP contribution in [0.15, 0.2) is 40.5 Å². The zero-order valence-electron chi connectivity index (χ0n) is 20.2. The predicted molar refractivity (Wildman–Crippen MR) is 135 cm³/mol. The minimum atomic E-state index is -0.0545. The molecule has 9 heteroatoms. The van der Waals surface area contributed by atoms with Crippen LogP contribution < -0.4 is 5.56 Å². The maximum absolute atomic E-state index is 13.1. The average molecular weight is 481 g/mol. The van der Waals surface area contributed by atoms with Gasteiger partial charge in [0.1, 0.15) is 0 Å². The molecule has 4 rings (SSSR count). The number of aromatic amines is 1. The highest BCUT2D eigenvalue weighted by atomic mass is 32.1. The summed E-state index contributed by atoms with van der Waals surface area (Å²) < 4.78 is 7.07. The molecule has 3 aromatic heterocycles. The molecular formula is C25H32N6O2S. The van der Waals surface area contributed by atoms with Crippen molar-refractivity contribution < 1.29 is 4.74 Å². The molecule has 4 aromatic rings. The highest BCUT2D eigenvalue weighted by Crippen LogP contribution is 2.29. The zero-order valence-corrected chi connectivity index (χ0v) is 21.1. The van der Waals surface area contributed by atoms with Gasteiger partial charge in [-0.05, 0) is 76.9 Å². The molecule has 1 N–H and O–H groups in total. The average Bonchev–Trinajstić information content (AvgIpc) is 3.49. The summed E-state index contributed by atoms with van der Waals surface area (Å²) in [6.45, 7) is 8.65. The highest BCUT2D eigenvalue weighted by Gasteiger charge is 2.27. The molecule has 34 heavy (non-hydrogen) atoms. The third-order valence-electron chi connectivity index (χ3n) is 6.22. The van der Waals surface area contributed by atoms with Crippen LogP contribution in [-0.4, -0.2) is 43.8 Å². The molecule has 8 nitrogen and oxygen atoms in total. The Kier molecular flexibility index (Phi) is 7.87. The molecular weight excluding hydrogens is 448 g/mol. The summed E-state index contributed by atoms with van der Waals surface area (Å²) in [5.41, 5.74) is 3.93. The number of hydrogen-bond acceptors (Lipinski definition) is 7. The van der Waals surface area contributed by atoms with Gasteiger partial charge in [0.2, 0.25) is 0 Å². The molecule has 180 valence electrons. The van der Waals surface area contributed by atoms with Crippen molar-refractivity contribution in [2.45, 2.75) is 59.3 Å². The summed E-state index contributed by atoms with van der Waals surface area (Å²) in [7, 11) is 1.67. The Morgan fingerprint density at radius 1 is 1.21 bits per heavy atom. The number of nitrogens with zero attached hydrogens (tertiary/aromatic N) is 5. The Balaban J connectivity index is 1.73. The summed E-state index contributed by atoms with van der Waals surface area (Å²) in [6, 6.07) is 10.4. The van der Waals surface area contributed by atoms with E-state index in [-0.39, 0.29) is 11.6 Å². The van der Waals surface area contributed by atoms with Crippen molar-refractivity contribution in [1.82, 2.24) is 30.1 Å². The molecule has 0 amide bonds.